The van der Waals surface area contributed by atoms with Crippen molar-refractivity contribution in [1.82, 2.24) is 0 Å². The number of thiophene rings is 1. The molecular formula is C14H22S. The highest BCUT2D eigenvalue weighted by Gasteiger charge is 2.26. The van der Waals surface area contributed by atoms with Gasteiger partial charge in [0, 0.05) is 9.75 Å². The van der Waals surface area contributed by atoms with Crippen LogP contribution in [-0.2, 0) is 24.7 Å². The van der Waals surface area contributed by atoms with E-state index in [2.05, 4.69) is 39.0 Å². The van der Waals surface area contributed by atoms with Crippen LogP contribution in [0.5, 0.6) is 0 Å². The molecule has 0 radical (unpaired) electrons. The van der Waals surface area contributed by atoms with Gasteiger partial charge >= 0.3 is 0 Å². The summed E-state index contributed by atoms with van der Waals surface area (Å²) in [4.78, 5) is 3.32. The van der Waals surface area contributed by atoms with E-state index in [0.717, 1.165) is 0 Å². The smallest absolute Gasteiger partial charge is 0.0137 e. The average Bonchev–Trinajstić information content (AvgIpc) is 2.55. The summed E-state index contributed by atoms with van der Waals surface area (Å²) >= 11 is 2.08. The molecule has 0 bridgehead atoms. The fraction of sp³-hybridized carbons (Fsp3) is 0.714. The maximum Gasteiger partial charge on any atom is 0.0137 e. The van der Waals surface area contributed by atoms with Crippen molar-refractivity contribution in [2.75, 3.05) is 0 Å². The molecule has 0 atom stereocenters. The molecular weight excluding hydrogens is 200 g/mol. The molecule has 1 heterocycles. The Bertz CT molecular complexity index is 352. The van der Waals surface area contributed by atoms with Gasteiger partial charge in [0.05, 0.1) is 0 Å². The molecule has 0 aliphatic heterocycles. The van der Waals surface area contributed by atoms with Gasteiger partial charge < -0.3 is 0 Å². The highest BCUT2D eigenvalue weighted by molar-refractivity contribution is 7.12. The minimum absolute atomic E-state index is 0.347. The zero-order valence-electron chi connectivity index (χ0n) is 10.4. The molecule has 1 heteroatoms. The van der Waals surface area contributed by atoms with Crippen LogP contribution in [0, 0.1) is 0 Å². The van der Waals surface area contributed by atoms with Gasteiger partial charge in [0.15, 0.2) is 0 Å². The van der Waals surface area contributed by atoms with Crippen molar-refractivity contribution in [2.45, 2.75) is 65.2 Å². The van der Waals surface area contributed by atoms with E-state index in [4.69, 9.17) is 0 Å². The molecule has 15 heavy (non-hydrogen) atoms. The van der Waals surface area contributed by atoms with Gasteiger partial charge in [-0.1, -0.05) is 27.7 Å². The van der Waals surface area contributed by atoms with E-state index in [1.165, 1.54) is 32.1 Å². The predicted molar refractivity (Wildman–Crippen MR) is 69.0 cm³/mol. The Hall–Kier alpha value is -0.300. The number of hydrogen-bond donors (Lipinski definition) is 0. The van der Waals surface area contributed by atoms with E-state index in [9.17, 15) is 0 Å². The SMILES string of the molecule is CCc1sc(C(C)(C)C)c2c1CCCC2. The summed E-state index contributed by atoms with van der Waals surface area (Å²) < 4.78 is 0. The van der Waals surface area contributed by atoms with Crippen molar-refractivity contribution in [3.63, 3.8) is 0 Å². The first-order chi connectivity index (χ1) is 7.04. The second kappa shape index (κ2) is 3.93. The molecule has 0 fully saturated rings. The van der Waals surface area contributed by atoms with E-state index in [-0.39, 0.29) is 0 Å². The van der Waals surface area contributed by atoms with Gasteiger partial charge in [0.2, 0.25) is 0 Å². The lowest BCUT2D eigenvalue weighted by Gasteiger charge is -2.21. The molecule has 2 rings (SSSR count). The zero-order valence-corrected chi connectivity index (χ0v) is 11.3. The summed E-state index contributed by atoms with van der Waals surface area (Å²) in [7, 11) is 0. The minimum atomic E-state index is 0.347. The quantitative estimate of drug-likeness (QED) is 0.657. The molecule has 0 saturated carbocycles. The predicted octanol–water partition coefficient (Wildman–Crippen LogP) is 4.49. The van der Waals surface area contributed by atoms with Gasteiger partial charge in [-0.15, -0.1) is 11.3 Å². The van der Waals surface area contributed by atoms with Gasteiger partial charge in [0.1, 0.15) is 0 Å². The molecule has 0 spiro atoms. The third-order valence-electron chi connectivity index (χ3n) is 3.31. The fourth-order valence-corrected chi connectivity index (χ4v) is 4.00. The number of hydrogen-bond acceptors (Lipinski definition) is 1. The van der Waals surface area contributed by atoms with Crippen LogP contribution in [0.15, 0.2) is 0 Å². The Morgan fingerprint density at radius 2 is 1.67 bits per heavy atom. The number of fused-ring (bicyclic) bond motifs is 1. The van der Waals surface area contributed by atoms with Gasteiger partial charge in [0.25, 0.3) is 0 Å². The topological polar surface area (TPSA) is 0 Å². The lowest BCUT2D eigenvalue weighted by atomic mass is 9.84. The maximum atomic E-state index is 2.35. The number of aryl methyl sites for hydroxylation is 1. The molecule has 0 saturated heterocycles. The Balaban J connectivity index is 2.52. The van der Waals surface area contributed by atoms with Gasteiger partial charge in [-0.3, -0.25) is 0 Å². The van der Waals surface area contributed by atoms with Crippen LogP contribution in [0.1, 0.15) is 61.4 Å². The van der Waals surface area contributed by atoms with Crippen molar-refractivity contribution >= 4 is 11.3 Å². The van der Waals surface area contributed by atoms with Gasteiger partial charge in [-0.05, 0) is 48.6 Å². The highest BCUT2D eigenvalue weighted by atomic mass is 32.1. The van der Waals surface area contributed by atoms with E-state index in [1.807, 2.05) is 0 Å². The number of rotatable bonds is 1. The molecule has 0 amide bonds. The zero-order chi connectivity index (χ0) is 11.1. The molecule has 0 aromatic carbocycles. The molecule has 1 aromatic heterocycles. The van der Waals surface area contributed by atoms with Crippen LogP contribution < -0.4 is 0 Å². The van der Waals surface area contributed by atoms with Crippen LogP contribution in [0.4, 0.5) is 0 Å². The first kappa shape index (κ1) is 11.2. The van der Waals surface area contributed by atoms with Gasteiger partial charge in [-0.2, -0.15) is 0 Å². The van der Waals surface area contributed by atoms with Crippen LogP contribution in [0.3, 0.4) is 0 Å². The molecule has 0 N–H and O–H groups in total. The maximum absolute atomic E-state index is 2.35. The van der Waals surface area contributed by atoms with E-state index in [0.29, 0.717) is 5.41 Å². The molecule has 0 nitrogen and oxygen atoms in total. The van der Waals surface area contributed by atoms with Crippen molar-refractivity contribution in [3.05, 3.63) is 20.9 Å². The highest BCUT2D eigenvalue weighted by Crippen LogP contribution is 2.40. The Morgan fingerprint density at radius 1 is 1.07 bits per heavy atom. The minimum Gasteiger partial charge on any atom is -0.144 e. The molecule has 1 aromatic rings. The van der Waals surface area contributed by atoms with Crippen LogP contribution in [-0.4, -0.2) is 0 Å². The average molecular weight is 222 g/mol. The van der Waals surface area contributed by atoms with Crippen molar-refractivity contribution < 1.29 is 0 Å². The lowest BCUT2D eigenvalue weighted by Crippen LogP contribution is -2.13. The summed E-state index contributed by atoms with van der Waals surface area (Å²) in [6, 6.07) is 0. The normalized spacial score (nSPS) is 16.5. The fourth-order valence-electron chi connectivity index (χ4n) is 2.60. The Morgan fingerprint density at radius 3 is 2.20 bits per heavy atom. The third kappa shape index (κ3) is 1.99. The summed E-state index contributed by atoms with van der Waals surface area (Å²) in [6.07, 6.45) is 6.70. The molecule has 1 aliphatic rings. The standard InChI is InChI=1S/C14H22S/c1-5-12-10-8-6-7-9-11(10)13(15-12)14(2,3)4/h5-9H2,1-4H3. The Kier molecular flexibility index (Phi) is 2.94. The van der Waals surface area contributed by atoms with Crippen LogP contribution >= 0.6 is 11.3 Å². The summed E-state index contributed by atoms with van der Waals surface area (Å²) in [5.41, 5.74) is 3.79. The largest absolute Gasteiger partial charge is 0.144 e. The van der Waals surface area contributed by atoms with Crippen LogP contribution in [0.25, 0.3) is 0 Å². The lowest BCUT2D eigenvalue weighted by molar-refractivity contribution is 0.584. The van der Waals surface area contributed by atoms with E-state index in [1.54, 1.807) is 20.9 Å². The summed E-state index contributed by atoms with van der Waals surface area (Å²) in [6.45, 7) is 9.36. The summed E-state index contributed by atoms with van der Waals surface area (Å²) in [5.74, 6) is 0. The monoisotopic (exact) mass is 222 g/mol. The first-order valence-electron chi connectivity index (χ1n) is 6.18. The third-order valence-corrected chi connectivity index (χ3v) is 5.15. The summed E-state index contributed by atoms with van der Waals surface area (Å²) in [5, 5.41) is 0. The van der Waals surface area contributed by atoms with Crippen molar-refractivity contribution in [1.29, 1.82) is 0 Å². The second-order valence-corrected chi connectivity index (χ2v) is 6.73. The molecule has 84 valence electrons. The van der Waals surface area contributed by atoms with Crippen molar-refractivity contribution in [2.24, 2.45) is 0 Å². The van der Waals surface area contributed by atoms with Gasteiger partial charge in [-0.25, -0.2) is 0 Å². The van der Waals surface area contributed by atoms with E-state index >= 15 is 0 Å². The van der Waals surface area contributed by atoms with Crippen LogP contribution in [0.2, 0.25) is 0 Å². The van der Waals surface area contributed by atoms with Crippen molar-refractivity contribution in [3.8, 4) is 0 Å². The second-order valence-electron chi connectivity index (χ2n) is 5.62. The van der Waals surface area contributed by atoms with E-state index < -0.39 is 0 Å². The Labute approximate surface area is 97.7 Å². The first-order valence-corrected chi connectivity index (χ1v) is 6.99. The molecule has 0 unspecified atom stereocenters. The molecule has 1 aliphatic carbocycles.